The van der Waals surface area contributed by atoms with E-state index in [9.17, 15) is 21.6 Å². The van der Waals surface area contributed by atoms with E-state index in [4.69, 9.17) is 9.47 Å². The van der Waals surface area contributed by atoms with E-state index in [1.807, 2.05) is 6.07 Å². The molecule has 1 atom stereocenters. The van der Waals surface area contributed by atoms with Crippen molar-refractivity contribution < 1.29 is 31.1 Å². The van der Waals surface area contributed by atoms with Crippen LogP contribution in [0.4, 0.5) is 0 Å². The van der Waals surface area contributed by atoms with Crippen LogP contribution in [-0.4, -0.2) is 107 Å². The summed E-state index contributed by atoms with van der Waals surface area (Å²) in [4.78, 5) is 17.4. The summed E-state index contributed by atoms with van der Waals surface area (Å²) in [5.74, 6) is 0.815. The third-order valence-corrected chi connectivity index (χ3v) is 11.6. The number of carbonyl (C=O) groups is 1. The predicted molar refractivity (Wildman–Crippen MR) is 164 cm³/mol. The highest BCUT2D eigenvalue weighted by Gasteiger charge is 2.31. The van der Waals surface area contributed by atoms with E-state index in [0.29, 0.717) is 44.0 Å². The van der Waals surface area contributed by atoms with Gasteiger partial charge in [0.25, 0.3) is 10.2 Å². The molecule has 11 nitrogen and oxygen atoms in total. The number of hydrogen-bond donors (Lipinski definition) is 0. The van der Waals surface area contributed by atoms with Gasteiger partial charge in [0, 0.05) is 45.8 Å². The minimum atomic E-state index is -3.72. The SMILES string of the molecule is CCCN(CCCCN1CCCN(S(=O)(=O)N(C)C)CC1=O)C(C)Cc1cccc(S(=O)(=O)c2ccc3c(c2)OCO3)c1. The molecular weight excluding hydrogens is 592 g/mol. The van der Waals surface area contributed by atoms with Gasteiger partial charge >= 0.3 is 0 Å². The number of fused-ring (bicyclic) bond motifs is 1. The summed E-state index contributed by atoms with van der Waals surface area (Å²) in [5.41, 5.74) is 0.947. The van der Waals surface area contributed by atoms with Gasteiger partial charge in [0.2, 0.25) is 22.5 Å². The molecule has 1 unspecified atom stereocenters. The van der Waals surface area contributed by atoms with Gasteiger partial charge in [0.1, 0.15) is 0 Å². The minimum Gasteiger partial charge on any atom is -0.454 e. The molecule has 2 heterocycles. The molecule has 4 rings (SSSR count). The maximum absolute atomic E-state index is 13.4. The van der Waals surface area contributed by atoms with Crippen molar-refractivity contribution in [2.75, 3.05) is 60.2 Å². The lowest BCUT2D eigenvalue weighted by molar-refractivity contribution is -0.130. The number of amides is 1. The Morgan fingerprint density at radius 1 is 0.930 bits per heavy atom. The first-order valence-corrected chi connectivity index (χ1v) is 17.7. The summed E-state index contributed by atoms with van der Waals surface area (Å²) in [6.45, 7) is 7.52. The number of carbonyl (C=O) groups excluding carboxylic acids is 1. The van der Waals surface area contributed by atoms with Crippen molar-refractivity contribution in [2.45, 2.75) is 61.8 Å². The van der Waals surface area contributed by atoms with Crippen molar-refractivity contribution in [1.29, 1.82) is 0 Å². The van der Waals surface area contributed by atoms with Crippen LogP contribution in [0.2, 0.25) is 0 Å². The quantitative estimate of drug-likeness (QED) is 0.291. The molecular formula is C30H44N4O7S2. The first kappa shape index (κ1) is 33.2. The third-order valence-electron chi connectivity index (χ3n) is 7.94. The Labute approximate surface area is 256 Å². The second-order valence-corrected chi connectivity index (χ2v) is 15.4. The fourth-order valence-corrected chi connectivity index (χ4v) is 7.95. The Kier molecular flexibility index (Phi) is 11.1. The number of hydrogen-bond acceptors (Lipinski definition) is 8. The first-order valence-electron chi connectivity index (χ1n) is 14.9. The summed E-state index contributed by atoms with van der Waals surface area (Å²) in [5, 5.41) is 0. The van der Waals surface area contributed by atoms with E-state index in [2.05, 4.69) is 18.7 Å². The van der Waals surface area contributed by atoms with Crippen LogP contribution >= 0.6 is 0 Å². The lowest BCUT2D eigenvalue weighted by Gasteiger charge is -2.29. The van der Waals surface area contributed by atoms with Gasteiger partial charge in [-0.2, -0.15) is 17.0 Å². The molecule has 2 aromatic carbocycles. The number of benzene rings is 2. The van der Waals surface area contributed by atoms with Crippen LogP contribution in [-0.2, 0) is 31.3 Å². The van der Waals surface area contributed by atoms with Gasteiger partial charge < -0.3 is 19.3 Å². The Morgan fingerprint density at radius 3 is 2.42 bits per heavy atom. The molecule has 2 aromatic rings. The lowest BCUT2D eigenvalue weighted by atomic mass is 10.1. The van der Waals surface area contributed by atoms with Gasteiger partial charge in [-0.15, -0.1) is 0 Å². The number of rotatable bonds is 14. The summed E-state index contributed by atoms with van der Waals surface area (Å²) < 4.78 is 64.8. The highest BCUT2D eigenvalue weighted by atomic mass is 32.2. The van der Waals surface area contributed by atoms with E-state index in [1.165, 1.54) is 24.5 Å². The van der Waals surface area contributed by atoms with E-state index >= 15 is 0 Å². The van der Waals surface area contributed by atoms with Crippen molar-refractivity contribution in [3.8, 4) is 11.5 Å². The molecule has 1 saturated heterocycles. The Morgan fingerprint density at radius 2 is 1.67 bits per heavy atom. The molecule has 238 valence electrons. The average molecular weight is 637 g/mol. The second kappa shape index (κ2) is 14.4. The lowest BCUT2D eigenvalue weighted by Crippen LogP contribution is -2.44. The van der Waals surface area contributed by atoms with Crippen molar-refractivity contribution in [2.24, 2.45) is 0 Å². The highest BCUT2D eigenvalue weighted by Crippen LogP contribution is 2.35. The molecule has 0 aliphatic carbocycles. The van der Waals surface area contributed by atoms with Crippen LogP contribution in [0.5, 0.6) is 11.5 Å². The standard InChI is InChI=1S/C30H44N4O7S2/c1-5-14-32(15-6-7-16-33-17-9-18-34(22-30(33)35)43(38,39)31(3)4)24(2)19-25-10-8-11-26(20-25)42(36,37)27-12-13-28-29(21-27)41-23-40-28/h8,10-13,20-21,24H,5-7,9,14-19,22-23H2,1-4H3. The molecule has 2 aliphatic heterocycles. The normalized spacial score (nSPS) is 17.1. The molecule has 0 spiro atoms. The Bertz CT molecular complexity index is 1480. The molecule has 0 bridgehead atoms. The zero-order valence-electron chi connectivity index (χ0n) is 25.6. The van der Waals surface area contributed by atoms with Crippen LogP contribution < -0.4 is 9.47 Å². The molecule has 43 heavy (non-hydrogen) atoms. The predicted octanol–water partition coefficient (Wildman–Crippen LogP) is 3.01. The highest BCUT2D eigenvalue weighted by molar-refractivity contribution is 7.91. The molecule has 1 amide bonds. The van der Waals surface area contributed by atoms with Gasteiger partial charge in [-0.05, 0) is 81.9 Å². The van der Waals surface area contributed by atoms with E-state index in [0.717, 1.165) is 42.2 Å². The fraction of sp³-hybridized carbons (Fsp3) is 0.567. The Hall–Kier alpha value is -2.71. The zero-order valence-corrected chi connectivity index (χ0v) is 27.2. The molecule has 13 heteroatoms. The molecule has 2 aliphatic rings. The van der Waals surface area contributed by atoms with Crippen LogP contribution in [0.1, 0.15) is 45.1 Å². The van der Waals surface area contributed by atoms with Gasteiger partial charge in [-0.3, -0.25) is 4.79 Å². The van der Waals surface area contributed by atoms with Gasteiger partial charge in [-0.25, -0.2) is 8.42 Å². The monoisotopic (exact) mass is 636 g/mol. The fourth-order valence-electron chi connectivity index (χ4n) is 5.50. The second-order valence-electron chi connectivity index (χ2n) is 11.3. The molecule has 0 aromatic heterocycles. The molecule has 0 N–H and O–H groups in total. The Balaban J connectivity index is 1.32. The topological polar surface area (TPSA) is 117 Å². The molecule has 0 radical (unpaired) electrons. The van der Waals surface area contributed by atoms with Gasteiger partial charge in [-0.1, -0.05) is 19.1 Å². The van der Waals surface area contributed by atoms with E-state index in [-0.39, 0.29) is 35.1 Å². The number of nitrogens with zero attached hydrogens (tertiary/aromatic N) is 4. The smallest absolute Gasteiger partial charge is 0.281 e. The van der Waals surface area contributed by atoms with Gasteiger partial charge in [0.05, 0.1) is 16.3 Å². The van der Waals surface area contributed by atoms with Crippen LogP contribution in [0.25, 0.3) is 0 Å². The number of sulfone groups is 1. The van der Waals surface area contributed by atoms with Crippen LogP contribution in [0.15, 0.2) is 52.3 Å². The summed E-state index contributed by atoms with van der Waals surface area (Å²) in [6.07, 6.45) is 4.02. The van der Waals surface area contributed by atoms with Crippen molar-refractivity contribution in [3.63, 3.8) is 0 Å². The van der Waals surface area contributed by atoms with Crippen LogP contribution in [0.3, 0.4) is 0 Å². The zero-order chi connectivity index (χ0) is 31.2. The van der Waals surface area contributed by atoms with Crippen molar-refractivity contribution >= 4 is 26.0 Å². The average Bonchev–Trinajstić information content (AvgIpc) is 3.36. The van der Waals surface area contributed by atoms with Crippen molar-refractivity contribution in [3.05, 3.63) is 48.0 Å². The molecule has 1 fully saturated rings. The van der Waals surface area contributed by atoms with Crippen molar-refractivity contribution in [1.82, 2.24) is 18.4 Å². The van der Waals surface area contributed by atoms with Gasteiger partial charge in [0.15, 0.2) is 11.5 Å². The summed E-state index contributed by atoms with van der Waals surface area (Å²) >= 11 is 0. The van der Waals surface area contributed by atoms with E-state index < -0.39 is 20.0 Å². The number of ether oxygens (including phenoxy) is 2. The maximum atomic E-state index is 13.4. The minimum absolute atomic E-state index is 0.0824. The van der Waals surface area contributed by atoms with Crippen LogP contribution in [0, 0.1) is 0 Å². The third kappa shape index (κ3) is 8.07. The molecule has 0 saturated carbocycles. The summed E-state index contributed by atoms with van der Waals surface area (Å²) in [6, 6.07) is 12.0. The first-order chi connectivity index (χ1) is 20.4. The summed E-state index contributed by atoms with van der Waals surface area (Å²) in [7, 11) is -4.38. The van der Waals surface area contributed by atoms with E-state index in [1.54, 1.807) is 35.2 Å². The maximum Gasteiger partial charge on any atom is 0.281 e. The largest absolute Gasteiger partial charge is 0.454 e. The number of unbranched alkanes of at least 4 members (excludes halogenated alkanes) is 1.